The van der Waals surface area contributed by atoms with Crippen LogP contribution in [0.5, 0.6) is 5.88 Å². The summed E-state index contributed by atoms with van der Waals surface area (Å²) in [6.07, 6.45) is 2.53. The molecule has 76 valence electrons. The van der Waals surface area contributed by atoms with Crippen LogP contribution < -0.4 is 15.4 Å². The molecular weight excluding hydrogens is 180 g/mol. The van der Waals surface area contributed by atoms with Crippen LogP contribution in [0.15, 0.2) is 12.4 Å². The summed E-state index contributed by atoms with van der Waals surface area (Å²) in [4.78, 5) is 10.3. The molecule has 2 rings (SSSR count). The van der Waals surface area contributed by atoms with Crippen LogP contribution in [-0.4, -0.2) is 36.2 Å². The minimum absolute atomic E-state index is 0.260. The number of ether oxygens (including phenoxy) is 1. The zero-order chi connectivity index (χ0) is 9.97. The summed E-state index contributed by atoms with van der Waals surface area (Å²) in [5.41, 5.74) is 5.82. The Bertz CT molecular complexity index is 317. The maximum Gasteiger partial charge on any atom is 0.218 e. The summed E-state index contributed by atoms with van der Waals surface area (Å²) in [7, 11) is 1.60. The highest BCUT2D eigenvalue weighted by atomic mass is 16.5. The van der Waals surface area contributed by atoms with E-state index in [2.05, 4.69) is 14.9 Å². The number of nitrogens with two attached hydrogens (primary N) is 1. The van der Waals surface area contributed by atoms with E-state index in [1.54, 1.807) is 7.11 Å². The van der Waals surface area contributed by atoms with Gasteiger partial charge in [-0.3, -0.25) is 0 Å². The van der Waals surface area contributed by atoms with E-state index < -0.39 is 0 Å². The van der Waals surface area contributed by atoms with Gasteiger partial charge in [0, 0.05) is 25.2 Å². The fourth-order valence-electron chi connectivity index (χ4n) is 1.61. The predicted octanol–water partition coefficient (Wildman–Crippen LogP) is 0.0226. The van der Waals surface area contributed by atoms with Crippen molar-refractivity contribution in [2.24, 2.45) is 5.73 Å². The molecule has 14 heavy (non-hydrogen) atoms. The predicted molar refractivity (Wildman–Crippen MR) is 53.4 cm³/mol. The van der Waals surface area contributed by atoms with E-state index in [1.165, 1.54) is 6.33 Å². The molecule has 1 aliphatic rings. The van der Waals surface area contributed by atoms with Crippen LogP contribution in [0.1, 0.15) is 6.42 Å². The maximum atomic E-state index is 5.82. The van der Waals surface area contributed by atoms with Crippen molar-refractivity contribution >= 4 is 5.82 Å². The van der Waals surface area contributed by atoms with Gasteiger partial charge < -0.3 is 15.4 Å². The van der Waals surface area contributed by atoms with Crippen LogP contribution in [0.3, 0.4) is 0 Å². The fraction of sp³-hybridized carbons (Fsp3) is 0.556. The third-order valence-corrected chi connectivity index (χ3v) is 2.39. The van der Waals surface area contributed by atoms with E-state index >= 15 is 0 Å². The first-order valence-electron chi connectivity index (χ1n) is 4.66. The summed E-state index contributed by atoms with van der Waals surface area (Å²) in [6, 6.07) is 2.09. The minimum Gasteiger partial charge on any atom is -0.481 e. The van der Waals surface area contributed by atoms with Gasteiger partial charge in [-0.15, -0.1) is 0 Å². The first kappa shape index (κ1) is 9.21. The summed E-state index contributed by atoms with van der Waals surface area (Å²) in [5.74, 6) is 1.49. The Labute approximate surface area is 82.9 Å². The Balaban J connectivity index is 2.15. The Morgan fingerprint density at radius 3 is 3.07 bits per heavy atom. The minimum atomic E-state index is 0.260. The molecule has 1 fully saturated rings. The van der Waals surface area contributed by atoms with Crippen LogP contribution in [0.4, 0.5) is 5.82 Å². The molecule has 0 spiro atoms. The molecule has 2 heterocycles. The van der Waals surface area contributed by atoms with E-state index in [-0.39, 0.29) is 6.04 Å². The van der Waals surface area contributed by atoms with Gasteiger partial charge in [-0.1, -0.05) is 0 Å². The standard InChI is InChI=1S/C9H14N4O/c1-14-9-4-8(11-6-12-9)13-3-2-7(10)5-13/h4,6-7H,2-3,5,10H2,1H3/t7-/m0/s1. The van der Waals surface area contributed by atoms with Crippen molar-refractivity contribution in [3.63, 3.8) is 0 Å². The van der Waals surface area contributed by atoms with Gasteiger partial charge in [-0.05, 0) is 6.42 Å². The average molecular weight is 194 g/mol. The quantitative estimate of drug-likeness (QED) is 0.719. The van der Waals surface area contributed by atoms with Crippen molar-refractivity contribution in [2.45, 2.75) is 12.5 Å². The molecule has 5 nitrogen and oxygen atoms in total. The third-order valence-electron chi connectivity index (χ3n) is 2.39. The lowest BCUT2D eigenvalue weighted by atomic mass is 10.3. The second kappa shape index (κ2) is 3.79. The van der Waals surface area contributed by atoms with Crippen molar-refractivity contribution in [1.82, 2.24) is 9.97 Å². The summed E-state index contributed by atoms with van der Waals surface area (Å²) in [5, 5.41) is 0. The molecule has 2 N–H and O–H groups in total. The SMILES string of the molecule is COc1cc(N2CC[C@H](N)C2)ncn1. The highest BCUT2D eigenvalue weighted by molar-refractivity contribution is 5.42. The molecule has 0 radical (unpaired) electrons. The van der Waals surface area contributed by atoms with Crippen molar-refractivity contribution in [3.8, 4) is 5.88 Å². The number of hydrogen-bond donors (Lipinski definition) is 1. The van der Waals surface area contributed by atoms with Crippen LogP contribution in [0.25, 0.3) is 0 Å². The van der Waals surface area contributed by atoms with Crippen molar-refractivity contribution in [2.75, 3.05) is 25.1 Å². The number of hydrogen-bond acceptors (Lipinski definition) is 5. The largest absolute Gasteiger partial charge is 0.481 e. The summed E-state index contributed by atoms with van der Waals surface area (Å²) < 4.78 is 5.03. The van der Waals surface area contributed by atoms with Gasteiger partial charge >= 0.3 is 0 Å². The van der Waals surface area contributed by atoms with Gasteiger partial charge in [0.2, 0.25) is 5.88 Å². The van der Waals surface area contributed by atoms with Crippen LogP contribution in [0.2, 0.25) is 0 Å². The second-order valence-electron chi connectivity index (χ2n) is 3.41. The third kappa shape index (κ3) is 1.77. The zero-order valence-electron chi connectivity index (χ0n) is 8.18. The number of methoxy groups -OCH3 is 1. The van der Waals surface area contributed by atoms with E-state index in [1.807, 2.05) is 6.07 Å². The highest BCUT2D eigenvalue weighted by Crippen LogP contribution is 2.19. The van der Waals surface area contributed by atoms with Crippen molar-refractivity contribution < 1.29 is 4.74 Å². The molecule has 1 aromatic rings. The van der Waals surface area contributed by atoms with Crippen LogP contribution >= 0.6 is 0 Å². The molecule has 0 bridgehead atoms. The smallest absolute Gasteiger partial charge is 0.218 e. The molecule has 1 atom stereocenters. The maximum absolute atomic E-state index is 5.82. The molecule has 0 aliphatic carbocycles. The van der Waals surface area contributed by atoms with Gasteiger partial charge in [0.15, 0.2) is 0 Å². The monoisotopic (exact) mass is 194 g/mol. The van der Waals surface area contributed by atoms with Gasteiger partial charge in [0.25, 0.3) is 0 Å². The molecule has 0 saturated carbocycles. The van der Waals surface area contributed by atoms with Crippen LogP contribution in [-0.2, 0) is 0 Å². The number of rotatable bonds is 2. The molecule has 1 aliphatic heterocycles. The molecule has 5 heteroatoms. The van der Waals surface area contributed by atoms with Gasteiger partial charge in [0.1, 0.15) is 12.1 Å². The molecule has 0 aromatic carbocycles. The van der Waals surface area contributed by atoms with Gasteiger partial charge in [-0.25, -0.2) is 9.97 Å². The van der Waals surface area contributed by atoms with Gasteiger partial charge in [0.05, 0.1) is 7.11 Å². The number of anilines is 1. The first-order valence-corrected chi connectivity index (χ1v) is 4.66. The lowest BCUT2D eigenvalue weighted by Crippen LogP contribution is -2.26. The molecule has 0 amide bonds. The normalized spacial score (nSPS) is 21.3. The van der Waals surface area contributed by atoms with Crippen LogP contribution in [0, 0.1) is 0 Å². The van der Waals surface area contributed by atoms with E-state index in [0.29, 0.717) is 5.88 Å². The molecule has 0 unspecified atom stereocenters. The summed E-state index contributed by atoms with van der Waals surface area (Å²) in [6.45, 7) is 1.82. The second-order valence-corrected chi connectivity index (χ2v) is 3.41. The van der Waals surface area contributed by atoms with E-state index in [9.17, 15) is 0 Å². The van der Waals surface area contributed by atoms with Gasteiger partial charge in [-0.2, -0.15) is 0 Å². The lowest BCUT2D eigenvalue weighted by Gasteiger charge is -2.16. The number of aromatic nitrogens is 2. The lowest BCUT2D eigenvalue weighted by molar-refractivity contribution is 0.397. The van der Waals surface area contributed by atoms with E-state index in [0.717, 1.165) is 25.3 Å². The fourth-order valence-corrected chi connectivity index (χ4v) is 1.61. The Morgan fingerprint density at radius 2 is 2.43 bits per heavy atom. The Morgan fingerprint density at radius 1 is 1.57 bits per heavy atom. The number of nitrogens with zero attached hydrogens (tertiary/aromatic N) is 3. The first-order chi connectivity index (χ1) is 6.79. The highest BCUT2D eigenvalue weighted by Gasteiger charge is 2.20. The van der Waals surface area contributed by atoms with Crippen molar-refractivity contribution in [3.05, 3.63) is 12.4 Å². The zero-order valence-corrected chi connectivity index (χ0v) is 8.18. The average Bonchev–Trinajstić information content (AvgIpc) is 2.65. The summed E-state index contributed by atoms with van der Waals surface area (Å²) >= 11 is 0. The molecule has 1 saturated heterocycles. The van der Waals surface area contributed by atoms with E-state index in [4.69, 9.17) is 10.5 Å². The Hall–Kier alpha value is -1.36. The molecule has 1 aromatic heterocycles. The topological polar surface area (TPSA) is 64.3 Å². The molecular formula is C9H14N4O. The van der Waals surface area contributed by atoms with Crippen molar-refractivity contribution in [1.29, 1.82) is 0 Å². The Kier molecular flexibility index (Phi) is 2.49.